The minimum Gasteiger partial charge on any atom is -0.352 e. The summed E-state index contributed by atoms with van der Waals surface area (Å²) in [6, 6.07) is 20.6. The van der Waals surface area contributed by atoms with E-state index in [0.29, 0.717) is 12.3 Å². The smallest absolute Gasteiger partial charge is 0.131 e. The Hall–Kier alpha value is -2.17. The van der Waals surface area contributed by atoms with Gasteiger partial charge in [-0.05, 0) is 24.3 Å². The number of rotatable bonds is 4. The van der Waals surface area contributed by atoms with Gasteiger partial charge >= 0.3 is 0 Å². The zero-order valence-corrected chi connectivity index (χ0v) is 15.2. The zero-order valence-electron chi connectivity index (χ0n) is 15.2. The number of hydrogen-bond donors (Lipinski definition) is 3. The Morgan fingerprint density at radius 3 is 2.19 bits per heavy atom. The van der Waals surface area contributed by atoms with Gasteiger partial charge in [0.15, 0.2) is 0 Å². The summed E-state index contributed by atoms with van der Waals surface area (Å²) in [5.41, 5.74) is 14.9. The maximum Gasteiger partial charge on any atom is 0.131 e. The topological polar surface area (TPSA) is 76.4 Å². The molecule has 1 aliphatic heterocycles. The molecule has 1 fully saturated rings. The molecule has 0 amide bonds. The van der Waals surface area contributed by atoms with E-state index in [2.05, 4.69) is 41.7 Å². The van der Waals surface area contributed by atoms with Crippen LogP contribution in [-0.2, 0) is 6.42 Å². The number of hydrogen-bond acceptors (Lipinski definition) is 4. The molecule has 2 aromatic rings. The van der Waals surface area contributed by atoms with Gasteiger partial charge in [0.2, 0.25) is 0 Å². The van der Waals surface area contributed by atoms with Crippen LogP contribution in [-0.4, -0.2) is 17.2 Å². The summed E-state index contributed by atoms with van der Waals surface area (Å²) in [6.45, 7) is 0. The molecule has 1 heterocycles. The minimum absolute atomic E-state index is 0.405. The van der Waals surface area contributed by atoms with E-state index in [4.69, 9.17) is 16.5 Å². The molecule has 1 aliphatic carbocycles. The Labute approximate surface area is 155 Å². The first-order chi connectivity index (χ1) is 12.6. The van der Waals surface area contributed by atoms with E-state index in [1.807, 2.05) is 24.3 Å². The fourth-order valence-corrected chi connectivity index (χ4v) is 4.52. The molecular formula is C22H28N4. The van der Waals surface area contributed by atoms with Crippen molar-refractivity contribution in [3.05, 3.63) is 71.8 Å². The Morgan fingerprint density at radius 2 is 1.54 bits per heavy atom. The molecule has 0 spiro atoms. The summed E-state index contributed by atoms with van der Waals surface area (Å²) >= 11 is 0. The lowest BCUT2D eigenvalue weighted by Crippen LogP contribution is -2.68. The third-order valence-electron chi connectivity index (χ3n) is 5.76. The van der Waals surface area contributed by atoms with E-state index in [1.165, 1.54) is 18.4 Å². The highest BCUT2D eigenvalue weighted by Gasteiger charge is 2.46. The van der Waals surface area contributed by atoms with E-state index in [9.17, 15) is 0 Å². The molecule has 0 aromatic heterocycles. The molecule has 26 heavy (non-hydrogen) atoms. The fraction of sp³-hybridized carbons (Fsp3) is 0.409. The Kier molecular flexibility index (Phi) is 4.55. The van der Waals surface area contributed by atoms with Crippen molar-refractivity contribution >= 4 is 5.84 Å². The molecule has 2 aromatic carbocycles. The van der Waals surface area contributed by atoms with Crippen LogP contribution in [0.15, 0.2) is 65.7 Å². The molecule has 0 bridgehead atoms. The summed E-state index contributed by atoms with van der Waals surface area (Å²) < 4.78 is 0. The molecule has 0 saturated heterocycles. The second-order valence-electron chi connectivity index (χ2n) is 7.92. The Balaban J connectivity index is 1.70. The van der Waals surface area contributed by atoms with Crippen molar-refractivity contribution in [2.24, 2.45) is 22.4 Å². The van der Waals surface area contributed by atoms with Crippen molar-refractivity contribution < 1.29 is 0 Å². The van der Waals surface area contributed by atoms with Crippen LogP contribution in [0.25, 0.3) is 0 Å². The SMILES string of the molecule is NC1(Cc2ccccc2)CC(N)(C2CCCC2)N=C(c2ccccc2)N1. The standard InChI is InChI=1S/C22H28N4/c23-21(15-17-9-3-1-4-10-17)16-22(24,19-13-7-8-14-19)26-20(25-21)18-11-5-2-6-12-18/h1-6,9-12,19H,7-8,13-16,23-24H2,(H,25,26). The number of nitrogens with two attached hydrogens (primary N) is 2. The molecule has 2 aliphatic rings. The van der Waals surface area contributed by atoms with Crippen LogP contribution in [0.5, 0.6) is 0 Å². The zero-order chi connectivity index (χ0) is 18.0. The lowest BCUT2D eigenvalue weighted by molar-refractivity contribution is 0.177. The summed E-state index contributed by atoms with van der Waals surface area (Å²) in [6.07, 6.45) is 6.14. The van der Waals surface area contributed by atoms with Gasteiger partial charge in [0.1, 0.15) is 11.5 Å². The van der Waals surface area contributed by atoms with Crippen LogP contribution in [0, 0.1) is 5.92 Å². The molecule has 5 N–H and O–H groups in total. The van der Waals surface area contributed by atoms with Gasteiger partial charge in [0.25, 0.3) is 0 Å². The Bertz CT molecular complexity index is 767. The minimum atomic E-state index is -0.606. The van der Waals surface area contributed by atoms with Gasteiger partial charge in [0, 0.05) is 18.4 Å². The highest BCUT2D eigenvalue weighted by atomic mass is 15.2. The van der Waals surface area contributed by atoms with Gasteiger partial charge < -0.3 is 16.8 Å². The van der Waals surface area contributed by atoms with Crippen LogP contribution >= 0.6 is 0 Å². The van der Waals surface area contributed by atoms with Gasteiger partial charge in [0.05, 0.1) is 5.66 Å². The van der Waals surface area contributed by atoms with Crippen molar-refractivity contribution in [3.8, 4) is 0 Å². The fourth-order valence-electron chi connectivity index (χ4n) is 4.52. The monoisotopic (exact) mass is 348 g/mol. The number of benzene rings is 2. The number of aliphatic imine (C=N–C) groups is 1. The summed E-state index contributed by atoms with van der Waals surface area (Å²) in [7, 11) is 0. The van der Waals surface area contributed by atoms with Crippen molar-refractivity contribution in [1.82, 2.24) is 5.32 Å². The highest BCUT2D eigenvalue weighted by molar-refractivity contribution is 6.00. The van der Waals surface area contributed by atoms with E-state index >= 15 is 0 Å². The molecule has 1 saturated carbocycles. The quantitative estimate of drug-likeness (QED) is 0.794. The van der Waals surface area contributed by atoms with Crippen molar-refractivity contribution in [3.63, 3.8) is 0 Å². The van der Waals surface area contributed by atoms with Crippen LogP contribution in [0.2, 0.25) is 0 Å². The van der Waals surface area contributed by atoms with E-state index in [1.54, 1.807) is 0 Å². The molecule has 4 nitrogen and oxygen atoms in total. The molecule has 2 atom stereocenters. The lowest BCUT2D eigenvalue weighted by Gasteiger charge is -2.46. The average molecular weight is 348 g/mol. The normalized spacial score (nSPS) is 29.2. The largest absolute Gasteiger partial charge is 0.352 e. The average Bonchev–Trinajstić information content (AvgIpc) is 3.18. The maximum absolute atomic E-state index is 6.91. The molecule has 136 valence electrons. The third-order valence-corrected chi connectivity index (χ3v) is 5.76. The second-order valence-corrected chi connectivity index (χ2v) is 7.92. The van der Waals surface area contributed by atoms with E-state index in [0.717, 1.165) is 30.7 Å². The molecule has 2 unspecified atom stereocenters. The lowest BCUT2D eigenvalue weighted by atomic mass is 9.80. The first-order valence-electron chi connectivity index (χ1n) is 9.62. The van der Waals surface area contributed by atoms with Crippen LogP contribution in [0.4, 0.5) is 0 Å². The first-order valence-corrected chi connectivity index (χ1v) is 9.62. The molecule has 0 radical (unpaired) electrons. The van der Waals surface area contributed by atoms with Gasteiger partial charge in [-0.15, -0.1) is 0 Å². The van der Waals surface area contributed by atoms with E-state index < -0.39 is 11.3 Å². The highest BCUT2D eigenvalue weighted by Crippen LogP contribution is 2.39. The maximum atomic E-state index is 6.91. The van der Waals surface area contributed by atoms with Gasteiger partial charge in [-0.25, -0.2) is 4.99 Å². The van der Waals surface area contributed by atoms with Crippen molar-refractivity contribution in [1.29, 1.82) is 0 Å². The first kappa shape index (κ1) is 17.3. The summed E-state index contributed by atoms with van der Waals surface area (Å²) in [5, 5.41) is 3.52. The molecule has 4 heteroatoms. The third kappa shape index (κ3) is 3.53. The predicted molar refractivity (Wildman–Crippen MR) is 107 cm³/mol. The van der Waals surface area contributed by atoms with Crippen LogP contribution in [0.1, 0.15) is 43.2 Å². The molecular weight excluding hydrogens is 320 g/mol. The summed E-state index contributed by atoms with van der Waals surface area (Å²) in [5.74, 6) is 1.23. The van der Waals surface area contributed by atoms with Gasteiger partial charge in [-0.2, -0.15) is 0 Å². The number of amidine groups is 1. The van der Waals surface area contributed by atoms with Crippen LogP contribution < -0.4 is 16.8 Å². The second kappa shape index (κ2) is 6.86. The molecule has 4 rings (SSSR count). The number of nitrogens with one attached hydrogen (secondary N) is 1. The van der Waals surface area contributed by atoms with Gasteiger partial charge in [-0.3, -0.25) is 0 Å². The predicted octanol–water partition coefficient (Wildman–Crippen LogP) is 3.17. The van der Waals surface area contributed by atoms with Crippen molar-refractivity contribution in [2.75, 3.05) is 0 Å². The number of nitrogens with zero attached hydrogens (tertiary/aromatic N) is 1. The van der Waals surface area contributed by atoms with Gasteiger partial charge in [-0.1, -0.05) is 73.5 Å². The van der Waals surface area contributed by atoms with Crippen molar-refractivity contribution in [2.45, 2.75) is 49.9 Å². The van der Waals surface area contributed by atoms with E-state index in [-0.39, 0.29) is 0 Å². The summed E-state index contributed by atoms with van der Waals surface area (Å²) in [4.78, 5) is 5.01. The van der Waals surface area contributed by atoms with Crippen LogP contribution in [0.3, 0.4) is 0 Å². The Morgan fingerprint density at radius 1 is 0.923 bits per heavy atom.